The summed E-state index contributed by atoms with van der Waals surface area (Å²) in [6.45, 7) is 4.36. The Labute approximate surface area is 111 Å². The molecule has 0 saturated carbocycles. The maximum atomic E-state index is 9.01. The Bertz CT molecular complexity index is 602. The molecule has 96 valence electrons. The first-order valence-corrected chi connectivity index (χ1v) is 5.96. The van der Waals surface area contributed by atoms with Gasteiger partial charge in [-0.15, -0.1) is 0 Å². The lowest BCUT2D eigenvalue weighted by Crippen LogP contribution is -2.00. The Morgan fingerprint density at radius 3 is 2.68 bits per heavy atom. The van der Waals surface area contributed by atoms with Crippen LogP contribution in [0.3, 0.4) is 0 Å². The molecule has 0 spiro atoms. The summed E-state index contributed by atoms with van der Waals surface area (Å²) in [4.78, 5) is 8.22. The highest BCUT2D eigenvalue weighted by molar-refractivity contribution is 5.62. The molecular formula is C14H14N4O. The Kier molecular flexibility index (Phi) is 3.94. The number of nitrogens with zero attached hydrogens (tertiary/aromatic N) is 3. The zero-order chi connectivity index (χ0) is 13.7. The van der Waals surface area contributed by atoms with E-state index in [1.54, 1.807) is 6.92 Å². The lowest BCUT2D eigenvalue weighted by atomic mass is 10.2. The lowest BCUT2D eigenvalue weighted by molar-refractivity contribution is 0.340. The van der Waals surface area contributed by atoms with Crippen LogP contribution in [0.1, 0.15) is 18.3 Å². The molecule has 1 aromatic carbocycles. The summed E-state index contributed by atoms with van der Waals surface area (Å²) in [6.07, 6.45) is 1.51. The molecule has 5 heteroatoms. The van der Waals surface area contributed by atoms with Crippen LogP contribution in [0.4, 0.5) is 11.5 Å². The van der Waals surface area contributed by atoms with E-state index in [9.17, 15) is 0 Å². The molecule has 5 nitrogen and oxygen atoms in total. The van der Waals surface area contributed by atoms with Gasteiger partial charge in [-0.1, -0.05) is 0 Å². The summed E-state index contributed by atoms with van der Waals surface area (Å²) in [5.74, 6) is 1.94. The minimum absolute atomic E-state index is 0.416. The zero-order valence-corrected chi connectivity index (χ0v) is 10.8. The van der Waals surface area contributed by atoms with E-state index in [4.69, 9.17) is 10.00 Å². The van der Waals surface area contributed by atoms with Gasteiger partial charge in [0.15, 0.2) is 5.82 Å². The van der Waals surface area contributed by atoms with Crippen LogP contribution in [0.5, 0.6) is 5.75 Å². The number of nitriles is 1. The molecule has 0 fully saturated rings. The SMILES string of the molecule is CCOc1ccc(Nc2nc(C)ncc2C#N)cc1. The van der Waals surface area contributed by atoms with Crippen molar-refractivity contribution >= 4 is 11.5 Å². The van der Waals surface area contributed by atoms with E-state index in [2.05, 4.69) is 21.4 Å². The van der Waals surface area contributed by atoms with Gasteiger partial charge in [0.05, 0.1) is 12.8 Å². The molecule has 1 aromatic heterocycles. The van der Waals surface area contributed by atoms with Crippen LogP contribution in [0.15, 0.2) is 30.5 Å². The number of hydrogen-bond donors (Lipinski definition) is 1. The normalized spacial score (nSPS) is 9.74. The monoisotopic (exact) mass is 254 g/mol. The Morgan fingerprint density at radius 1 is 1.32 bits per heavy atom. The first-order chi connectivity index (χ1) is 9.22. The fourth-order valence-electron chi connectivity index (χ4n) is 1.58. The number of nitrogens with one attached hydrogen (secondary N) is 1. The second-order valence-corrected chi connectivity index (χ2v) is 3.87. The van der Waals surface area contributed by atoms with E-state index in [0.717, 1.165) is 11.4 Å². The fraction of sp³-hybridized carbons (Fsp3) is 0.214. The predicted molar refractivity (Wildman–Crippen MR) is 72.4 cm³/mol. The van der Waals surface area contributed by atoms with Gasteiger partial charge in [0.25, 0.3) is 0 Å². The molecule has 0 radical (unpaired) electrons. The van der Waals surface area contributed by atoms with Crippen LogP contribution in [0, 0.1) is 18.3 Å². The highest BCUT2D eigenvalue weighted by atomic mass is 16.5. The van der Waals surface area contributed by atoms with E-state index in [0.29, 0.717) is 23.8 Å². The maximum absolute atomic E-state index is 9.01. The first-order valence-electron chi connectivity index (χ1n) is 5.96. The summed E-state index contributed by atoms with van der Waals surface area (Å²) in [6, 6.07) is 9.55. The highest BCUT2D eigenvalue weighted by Gasteiger charge is 2.05. The van der Waals surface area contributed by atoms with Gasteiger partial charge in [-0.2, -0.15) is 5.26 Å². The number of hydrogen-bond acceptors (Lipinski definition) is 5. The second-order valence-electron chi connectivity index (χ2n) is 3.87. The van der Waals surface area contributed by atoms with Crippen LogP contribution in [0.2, 0.25) is 0 Å². The fourth-order valence-corrected chi connectivity index (χ4v) is 1.58. The van der Waals surface area contributed by atoms with Crippen molar-refractivity contribution in [1.82, 2.24) is 9.97 Å². The van der Waals surface area contributed by atoms with E-state index in [1.807, 2.05) is 31.2 Å². The van der Waals surface area contributed by atoms with Crippen molar-refractivity contribution in [1.29, 1.82) is 5.26 Å². The molecule has 2 aromatic rings. The van der Waals surface area contributed by atoms with Gasteiger partial charge in [-0.3, -0.25) is 0 Å². The predicted octanol–water partition coefficient (Wildman–Crippen LogP) is 2.80. The van der Waals surface area contributed by atoms with Gasteiger partial charge in [-0.25, -0.2) is 9.97 Å². The molecule has 2 rings (SSSR count). The first kappa shape index (κ1) is 12.8. The van der Waals surface area contributed by atoms with Gasteiger partial charge in [-0.05, 0) is 38.1 Å². The summed E-state index contributed by atoms with van der Waals surface area (Å²) in [5, 5.41) is 12.1. The Morgan fingerprint density at radius 2 is 2.05 bits per heavy atom. The number of anilines is 2. The number of aromatic nitrogens is 2. The number of aryl methyl sites for hydroxylation is 1. The molecular weight excluding hydrogens is 240 g/mol. The van der Waals surface area contributed by atoms with Gasteiger partial charge in [0.2, 0.25) is 0 Å². The number of benzene rings is 1. The molecule has 0 aliphatic rings. The molecule has 0 amide bonds. The van der Waals surface area contributed by atoms with Crippen LogP contribution >= 0.6 is 0 Å². The minimum Gasteiger partial charge on any atom is -0.494 e. The molecule has 19 heavy (non-hydrogen) atoms. The molecule has 0 atom stereocenters. The van der Waals surface area contributed by atoms with Gasteiger partial charge in [0.1, 0.15) is 23.2 Å². The van der Waals surface area contributed by atoms with E-state index < -0.39 is 0 Å². The van der Waals surface area contributed by atoms with Crippen LogP contribution < -0.4 is 10.1 Å². The smallest absolute Gasteiger partial charge is 0.152 e. The largest absolute Gasteiger partial charge is 0.494 e. The molecule has 0 aliphatic heterocycles. The Balaban J connectivity index is 2.21. The van der Waals surface area contributed by atoms with E-state index in [-0.39, 0.29) is 0 Å². The zero-order valence-electron chi connectivity index (χ0n) is 10.8. The van der Waals surface area contributed by atoms with E-state index in [1.165, 1.54) is 6.20 Å². The molecule has 1 heterocycles. The second kappa shape index (κ2) is 5.83. The molecule has 0 aliphatic carbocycles. The third-order valence-corrected chi connectivity index (χ3v) is 2.46. The van der Waals surface area contributed by atoms with E-state index >= 15 is 0 Å². The van der Waals surface area contributed by atoms with Gasteiger partial charge >= 0.3 is 0 Å². The standard InChI is InChI=1S/C14H14N4O/c1-3-19-13-6-4-12(5-7-13)18-14-11(8-15)9-16-10(2)17-14/h4-7,9H,3H2,1-2H3,(H,16,17,18). The average molecular weight is 254 g/mol. The Hall–Kier alpha value is -2.61. The lowest BCUT2D eigenvalue weighted by Gasteiger charge is -2.08. The maximum Gasteiger partial charge on any atom is 0.152 e. The van der Waals surface area contributed by atoms with Crippen molar-refractivity contribution < 1.29 is 4.74 Å². The molecule has 0 unspecified atom stereocenters. The van der Waals surface area contributed by atoms with Crippen molar-refractivity contribution in [2.75, 3.05) is 11.9 Å². The van der Waals surface area contributed by atoms with Gasteiger partial charge in [0, 0.05) is 5.69 Å². The topological polar surface area (TPSA) is 70.8 Å². The molecule has 0 saturated heterocycles. The third kappa shape index (κ3) is 3.19. The molecule has 1 N–H and O–H groups in total. The quantitative estimate of drug-likeness (QED) is 0.908. The number of ether oxygens (including phenoxy) is 1. The van der Waals surface area contributed by atoms with Gasteiger partial charge < -0.3 is 10.1 Å². The third-order valence-electron chi connectivity index (χ3n) is 2.46. The van der Waals surface area contributed by atoms with Crippen molar-refractivity contribution in [3.8, 4) is 11.8 Å². The summed E-state index contributed by atoms with van der Waals surface area (Å²) < 4.78 is 5.37. The minimum atomic E-state index is 0.416. The summed E-state index contributed by atoms with van der Waals surface area (Å²) in [7, 11) is 0. The molecule has 0 bridgehead atoms. The van der Waals surface area contributed by atoms with Crippen molar-refractivity contribution in [3.05, 3.63) is 41.9 Å². The van der Waals surface area contributed by atoms with Crippen molar-refractivity contribution in [3.63, 3.8) is 0 Å². The van der Waals surface area contributed by atoms with Crippen LogP contribution in [-0.4, -0.2) is 16.6 Å². The van der Waals surface area contributed by atoms with Crippen molar-refractivity contribution in [2.24, 2.45) is 0 Å². The summed E-state index contributed by atoms with van der Waals surface area (Å²) in [5.41, 5.74) is 1.26. The number of rotatable bonds is 4. The van der Waals surface area contributed by atoms with Crippen LogP contribution in [0.25, 0.3) is 0 Å². The summed E-state index contributed by atoms with van der Waals surface area (Å²) >= 11 is 0. The van der Waals surface area contributed by atoms with Crippen molar-refractivity contribution in [2.45, 2.75) is 13.8 Å². The highest BCUT2D eigenvalue weighted by Crippen LogP contribution is 2.20. The van der Waals surface area contributed by atoms with Crippen LogP contribution in [-0.2, 0) is 0 Å². The average Bonchev–Trinajstić information content (AvgIpc) is 2.42.